The van der Waals surface area contributed by atoms with Gasteiger partial charge in [-0.1, -0.05) is 87.7 Å². The number of unbranched alkanes of at least 4 members (excludes halogenated alkanes) is 1. The van der Waals surface area contributed by atoms with E-state index in [9.17, 15) is 0 Å². The minimum Gasteiger partial charge on any atom is -0.365 e. The van der Waals surface area contributed by atoms with E-state index in [1.165, 1.54) is 76.5 Å². The summed E-state index contributed by atoms with van der Waals surface area (Å²) in [7, 11) is 0. The van der Waals surface area contributed by atoms with Gasteiger partial charge in [0.1, 0.15) is 0 Å². The van der Waals surface area contributed by atoms with Gasteiger partial charge in [0.15, 0.2) is 0 Å². The molecule has 0 aromatic heterocycles. The van der Waals surface area contributed by atoms with Crippen molar-refractivity contribution in [3.8, 4) is 0 Å². The van der Waals surface area contributed by atoms with Crippen LogP contribution in [0.2, 0.25) is 0 Å². The first kappa shape index (κ1) is 25.3. The summed E-state index contributed by atoms with van der Waals surface area (Å²) in [6.45, 7) is 18.9. The molecule has 2 aliphatic carbocycles. The Morgan fingerprint density at radius 1 is 1.08 bits per heavy atom. The summed E-state index contributed by atoms with van der Waals surface area (Å²) in [5, 5.41) is 0. The molecule has 154 valence electrons. The molecule has 2 saturated carbocycles. The maximum absolute atomic E-state index is 4.12. The highest BCUT2D eigenvalue weighted by Crippen LogP contribution is 2.60. The molecular formula is C25H49N. The van der Waals surface area contributed by atoms with Crippen LogP contribution in [0.3, 0.4) is 0 Å². The van der Waals surface area contributed by atoms with Crippen molar-refractivity contribution in [2.75, 3.05) is 6.54 Å². The quantitative estimate of drug-likeness (QED) is 0.412. The first-order valence-electron chi connectivity index (χ1n) is 11.3. The van der Waals surface area contributed by atoms with E-state index < -0.39 is 0 Å². The van der Waals surface area contributed by atoms with Crippen LogP contribution in [0.15, 0.2) is 18.0 Å². The van der Waals surface area contributed by atoms with Crippen LogP contribution in [0, 0.1) is 17.3 Å². The number of rotatable bonds is 7. The molecule has 0 saturated heterocycles. The van der Waals surface area contributed by atoms with E-state index in [-0.39, 0.29) is 7.43 Å². The van der Waals surface area contributed by atoms with Crippen molar-refractivity contribution in [1.82, 2.24) is 4.90 Å². The molecule has 0 N–H and O–H groups in total. The van der Waals surface area contributed by atoms with E-state index in [4.69, 9.17) is 0 Å². The predicted molar refractivity (Wildman–Crippen MR) is 120 cm³/mol. The van der Waals surface area contributed by atoms with E-state index in [1.807, 2.05) is 13.8 Å². The normalized spacial score (nSPS) is 30.5. The van der Waals surface area contributed by atoms with E-state index in [2.05, 4.69) is 44.9 Å². The Balaban J connectivity index is 0.00000201. The molecule has 2 unspecified atom stereocenters. The Labute approximate surface area is 166 Å². The average Bonchev–Trinajstić information content (AvgIpc) is 3.28. The van der Waals surface area contributed by atoms with Gasteiger partial charge in [-0.05, 0) is 43.9 Å². The molecule has 0 bridgehead atoms. The third-order valence-electron chi connectivity index (χ3n) is 6.67. The molecule has 1 heteroatoms. The molecule has 0 aromatic carbocycles. The summed E-state index contributed by atoms with van der Waals surface area (Å²) in [4.78, 5) is 2.76. The van der Waals surface area contributed by atoms with Gasteiger partial charge in [-0.2, -0.15) is 0 Å². The standard InChI is InChI=1S/C22H39N.C2H6.CH4/c1-6-9-16-23(20-14-10-12-18(4)13-11-15-20)21(7-2)22(8-3)17-19(22)5;1-2;/h18-20H,2,6,8-17H2,1,3-5H3;1-2H3;1H4. The van der Waals surface area contributed by atoms with Gasteiger partial charge in [0.25, 0.3) is 0 Å². The lowest BCUT2D eigenvalue weighted by molar-refractivity contribution is 0.172. The Morgan fingerprint density at radius 2 is 1.62 bits per heavy atom. The summed E-state index contributed by atoms with van der Waals surface area (Å²) in [6, 6.07) is 0.731. The second kappa shape index (κ2) is 12.7. The number of hydrogen-bond acceptors (Lipinski definition) is 1. The molecule has 2 aliphatic rings. The molecule has 0 aromatic rings. The summed E-state index contributed by atoms with van der Waals surface area (Å²) < 4.78 is 0. The van der Waals surface area contributed by atoms with E-state index in [0.717, 1.165) is 17.9 Å². The first-order valence-corrected chi connectivity index (χ1v) is 11.3. The molecule has 2 atom stereocenters. The fourth-order valence-electron chi connectivity index (χ4n) is 4.85. The molecular weight excluding hydrogens is 314 g/mol. The molecule has 0 aliphatic heterocycles. The van der Waals surface area contributed by atoms with Crippen LogP contribution in [-0.2, 0) is 0 Å². The Kier molecular flexibility index (Phi) is 12.3. The number of nitrogens with zero attached hydrogens (tertiary/aromatic N) is 1. The minimum atomic E-state index is 0. The second-order valence-electron chi connectivity index (χ2n) is 8.31. The predicted octanol–water partition coefficient (Wildman–Crippen LogP) is 8.21. The number of allylic oxidation sites excluding steroid dienone is 1. The van der Waals surface area contributed by atoms with Gasteiger partial charge in [-0.25, -0.2) is 0 Å². The van der Waals surface area contributed by atoms with Crippen molar-refractivity contribution < 1.29 is 0 Å². The molecule has 1 nitrogen and oxygen atoms in total. The lowest BCUT2D eigenvalue weighted by Crippen LogP contribution is -2.39. The summed E-state index contributed by atoms with van der Waals surface area (Å²) in [5.41, 5.74) is 5.30. The van der Waals surface area contributed by atoms with Crippen LogP contribution < -0.4 is 0 Å². The zero-order chi connectivity index (χ0) is 18.9. The van der Waals surface area contributed by atoms with Crippen LogP contribution >= 0.6 is 0 Å². The highest BCUT2D eigenvalue weighted by atomic mass is 15.2. The Bertz CT molecular complexity index is 406. The van der Waals surface area contributed by atoms with Gasteiger partial charge in [0, 0.05) is 18.0 Å². The van der Waals surface area contributed by atoms with Crippen LogP contribution in [0.4, 0.5) is 0 Å². The van der Waals surface area contributed by atoms with Crippen molar-refractivity contribution in [2.24, 2.45) is 17.3 Å². The first-order chi connectivity index (χ1) is 12.1. The van der Waals surface area contributed by atoms with Crippen molar-refractivity contribution in [1.29, 1.82) is 0 Å². The summed E-state index contributed by atoms with van der Waals surface area (Å²) >= 11 is 0. The van der Waals surface area contributed by atoms with Crippen LogP contribution in [0.25, 0.3) is 0 Å². The summed E-state index contributed by atoms with van der Waals surface area (Å²) in [6.07, 6.45) is 13.5. The molecule has 0 amide bonds. The lowest BCUT2D eigenvalue weighted by atomic mass is 9.87. The second-order valence-corrected chi connectivity index (χ2v) is 8.31. The maximum Gasteiger partial charge on any atom is 0.0625 e. The van der Waals surface area contributed by atoms with E-state index in [0.29, 0.717) is 5.41 Å². The highest BCUT2D eigenvalue weighted by Gasteiger charge is 2.54. The van der Waals surface area contributed by atoms with Crippen molar-refractivity contribution in [3.63, 3.8) is 0 Å². The van der Waals surface area contributed by atoms with Gasteiger partial charge < -0.3 is 4.90 Å². The van der Waals surface area contributed by atoms with Crippen LogP contribution in [-0.4, -0.2) is 17.5 Å². The van der Waals surface area contributed by atoms with Gasteiger partial charge in [0.05, 0.1) is 5.70 Å². The molecule has 2 rings (SSSR count). The fraction of sp³-hybridized carbons (Fsp3) is 0.880. The minimum absolute atomic E-state index is 0. The largest absolute Gasteiger partial charge is 0.365 e. The Morgan fingerprint density at radius 3 is 2.00 bits per heavy atom. The molecule has 0 spiro atoms. The number of hydrogen-bond donors (Lipinski definition) is 0. The van der Waals surface area contributed by atoms with Crippen molar-refractivity contribution in [2.45, 2.75) is 119 Å². The van der Waals surface area contributed by atoms with Gasteiger partial charge in [-0.15, -0.1) is 5.73 Å². The molecule has 0 radical (unpaired) electrons. The highest BCUT2D eigenvalue weighted by molar-refractivity contribution is 5.23. The van der Waals surface area contributed by atoms with Gasteiger partial charge in [0.2, 0.25) is 0 Å². The van der Waals surface area contributed by atoms with Crippen LogP contribution in [0.1, 0.15) is 113 Å². The maximum atomic E-state index is 4.12. The van der Waals surface area contributed by atoms with Crippen LogP contribution in [0.5, 0.6) is 0 Å². The fourth-order valence-corrected chi connectivity index (χ4v) is 4.85. The molecule has 26 heavy (non-hydrogen) atoms. The third-order valence-corrected chi connectivity index (χ3v) is 6.67. The van der Waals surface area contributed by atoms with Gasteiger partial charge >= 0.3 is 0 Å². The molecule has 0 heterocycles. The average molecular weight is 364 g/mol. The van der Waals surface area contributed by atoms with Gasteiger partial charge in [-0.3, -0.25) is 0 Å². The third kappa shape index (κ3) is 6.19. The monoisotopic (exact) mass is 363 g/mol. The Hall–Kier alpha value is -0.680. The zero-order valence-electron chi connectivity index (χ0n) is 18.2. The molecule has 2 fully saturated rings. The van der Waals surface area contributed by atoms with Crippen molar-refractivity contribution >= 4 is 0 Å². The van der Waals surface area contributed by atoms with E-state index in [1.54, 1.807) is 0 Å². The zero-order valence-corrected chi connectivity index (χ0v) is 18.2. The van der Waals surface area contributed by atoms with Crippen molar-refractivity contribution in [3.05, 3.63) is 18.0 Å². The van der Waals surface area contributed by atoms with E-state index >= 15 is 0 Å². The lowest BCUT2D eigenvalue weighted by Gasteiger charge is -2.39. The summed E-state index contributed by atoms with van der Waals surface area (Å²) in [5.74, 6) is 1.74. The smallest absolute Gasteiger partial charge is 0.0625 e. The SMILES string of the molecule is C.C=C=C(N(CCCC)C1CCCC(C)CCC1)C1(CC)CC1C.CC. The topological polar surface area (TPSA) is 3.24 Å².